The van der Waals surface area contributed by atoms with E-state index < -0.39 is 6.29 Å². The molecule has 4 unspecified atom stereocenters. The molecule has 10 heteroatoms. The van der Waals surface area contributed by atoms with Crippen molar-refractivity contribution in [1.29, 1.82) is 0 Å². The number of amides is 1. The molecule has 4 atom stereocenters. The number of nitrogens with one attached hydrogen (secondary N) is 2. The zero-order valence-corrected chi connectivity index (χ0v) is 22.9. The minimum absolute atomic E-state index is 0.00619. The van der Waals surface area contributed by atoms with E-state index >= 15 is 0 Å². The monoisotopic (exact) mass is 558 g/mol. The first-order valence-corrected chi connectivity index (χ1v) is 13.9. The Labute approximate surface area is 236 Å². The van der Waals surface area contributed by atoms with Crippen LogP contribution in [0.5, 0.6) is 0 Å². The molecular weight excluding hydrogens is 528 g/mol. The van der Waals surface area contributed by atoms with Crippen molar-refractivity contribution in [1.82, 2.24) is 15.2 Å². The third-order valence-electron chi connectivity index (χ3n) is 6.85. The number of H-pyrrole nitrogens is 1. The van der Waals surface area contributed by atoms with Crippen molar-refractivity contribution in [2.24, 2.45) is 5.92 Å². The molecule has 40 heavy (non-hydrogen) atoms. The van der Waals surface area contributed by atoms with Gasteiger partial charge < -0.3 is 19.9 Å². The Balaban J connectivity index is 1.38. The van der Waals surface area contributed by atoms with Gasteiger partial charge >= 0.3 is 0 Å². The molecule has 2 heterocycles. The molecule has 3 aromatic carbocycles. The lowest BCUT2D eigenvalue weighted by Gasteiger charge is -2.41. The van der Waals surface area contributed by atoms with Crippen LogP contribution in [0.15, 0.2) is 84.3 Å². The number of hydrogen-bond acceptors (Lipinski definition) is 8. The molecule has 1 aliphatic heterocycles. The van der Waals surface area contributed by atoms with Gasteiger partial charge in [-0.15, -0.1) is 0 Å². The lowest BCUT2D eigenvalue weighted by Crippen LogP contribution is -2.38. The molecule has 1 aromatic heterocycles. The van der Waals surface area contributed by atoms with Crippen LogP contribution in [0.2, 0.25) is 0 Å². The minimum Gasteiger partial charge on any atom is -0.392 e. The molecule has 1 aliphatic rings. The Morgan fingerprint density at radius 3 is 2.50 bits per heavy atom. The van der Waals surface area contributed by atoms with Gasteiger partial charge in [-0.1, -0.05) is 67.2 Å². The Hall–Kier alpha value is -3.83. The number of aliphatic hydroxyl groups excluding tert-OH is 1. The summed E-state index contributed by atoms with van der Waals surface area (Å²) < 4.78 is 13.0. The Kier molecular flexibility index (Phi) is 8.71. The highest BCUT2D eigenvalue weighted by Crippen LogP contribution is 2.43. The fourth-order valence-electron chi connectivity index (χ4n) is 4.58. The van der Waals surface area contributed by atoms with E-state index in [0.717, 1.165) is 11.1 Å². The largest absolute Gasteiger partial charge is 0.392 e. The summed E-state index contributed by atoms with van der Waals surface area (Å²) in [6.45, 7) is 3.55. The number of aromatic nitrogens is 3. The third kappa shape index (κ3) is 6.48. The van der Waals surface area contributed by atoms with Crippen molar-refractivity contribution in [3.63, 3.8) is 0 Å². The summed E-state index contributed by atoms with van der Waals surface area (Å²) in [6, 6.07) is 21.7. The van der Waals surface area contributed by atoms with E-state index in [0.29, 0.717) is 33.3 Å². The van der Waals surface area contributed by atoms with E-state index in [1.165, 1.54) is 25.0 Å². The number of Topliss-reactive ketones (excluding diaryl/α,β-unsaturated/α-hetero) is 1. The molecule has 0 bridgehead atoms. The predicted octanol–water partition coefficient (Wildman–Crippen LogP) is 5.34. The van der Waals surface area contributed by atoms with Crippen molar-refractivity contribution in [2.75, 3.05) is 11.1 Å². The Bertz CT molecular complexity index is 1460. The van der Waals surface area contributed by atoms with E-state index in [-0.39, 0.29) is 36.4 Å². The van der Waals surface area contributed by atoms with Crippen LogP contribution < -0.4 is 5.32 Å². The average Bonchev–Trinajstić information content (AvgIpc) is 3.51. The van der Waals surface area contributed by atoms with Crippen LogP contribution in [0, 0.1) is 5.92 Å². The van der Waals surface area contributed by atoms with Gasteiger partial charge in [-0.25, -0.2) is 4.98 Å². The number of carbonyl (C=O) groups is 2. The summed E-state index contributed by atoms with van der Waals surface area (Å²) >= 11 is 1.52. The van der Waals surface area contributed by atoms with Crippen LogP contribution in [0.1, 0.15) is 63.6 Å². The van der Waals surface area contributed by atoms with Crippen LogP contribution in [0.25, 0.3) is 0 Å². The number of thioether (sulfide) groups is 1. The van der Waals surface area contributed by atoms with Crippen LogP contribution in [-0.4, -0.2) is 43.8 Å². The second-order valence-electron chi connectivity index (χ2n) is 9.64. The molecule has 0 spiro atoms. The summed E-state index contributed by atoms with van der Waals surface area (Å²) in [5, 5.41) is 19.8. The normalized spacial score (nSPS) is 20.7. The highest BCUT2D eigenvalue weighted by Gasteiger charge is 2.38. The van der Waals surface area contributed by atoms with E-state index in [2.05, 4.69) is 27.4 Å². The van der Waals surface area contributed by atoms with Crippen LogP contribution in [0.4, 0.5) is 5.69 Å². The van der Waals surface area contributed by atoms with Gasteiger partial charge in [0.05, 0.1) is 18.8 Å². The average molecular weight is 559 g/mol. The predicted molar refractivity (Wildman–Crippen MR) is 151 cm³/mol. The van der Waals surface area contributed by atoms with Gasteiger partial charge in [0.15, 0.2) is 17.2 Å². The van der Waals surface area contributed by atoms with Crippen molar-refractivity contribution >= 4 is 29.1 Å². The molecule has 4 aromatic rings. The zero-order chi connectivity index (χ0) is 28.1. The summed E-state index contributed by atoms with van der Waals surface area (Å²) in [4.78, 5) is 29.0. The molecule has 1 fully saturated rings. The van der Waals surface area contributed by atoms with E-state index in [1.54, 1.807) is 42.5 Å². The molecule has 206 valence electrons. The number of ketones is 1. The maximum absolute atomic E-state index is 13.1. The van der Waals surface area contributed by atoms with E-state index in [9.17, 15) is 14.7 Å². The molecule has 5 rings (SSSR count). The fraction of sp³-hybridized carbons (Fsp3) is 0.267. The van der Waals surface area contributed by atoms with Crippen LogP contribution >= 0.6 is 11.8 Å². The maximum Gasteiger partial charge on any atom is 0.255 e. The molecule has 3 N–H and O–H groups in total. The lowest BCUT2D eigenvalue weighted by molar-refractivity contribution is -0.268. The van der Waals surface area contributed by atoms with E-state index in [1.807, 2.05) is 30.3 Å². The molecular formula is C30H30N4O5S. The molecule has 1 amide bonds. The van der Waals surface area contributed by atoms with Crippen molar-refractivity contribution in [3.8, 4) is 0 Å². The van der Waals surface area contributed by atoms with Gasteiger partial charge in [0.1, 0.15) is 6.33 Å². The van der Waals surface area contributed by atoms with Crippen LogP contribution in [-0.2, 0) is 16.1 Å². The van der Waals surface area contributed by atoms with Gasteiger partial charge in [-0.05, 0) is 42.3 Å². The molecule has 1 saturated heterocycles. The lowest BCUT2D eigenvalue weighted by atomic mass is 9.91. The number of ether oxygens (including phenoxy) is 2. The summed E-state index contributed by atoms with van der Waals surface area (Å²) in [5.41, 5.74) is 4.02. The molecule has 0 saturated carbocycles. The molecule has 9 nitrogen and oxygen atoms in total. The number of hydrogen-bond donors (Lipinski definition) is 3. The van der Waals surface area contributed by atoms with Gasteiger partial charge in [0.2, 0.25) is 0 Å². The highest BCUT2D eigenvalue weighted by atomic mass is 32.2. The topological polar surface area (TPSA) is 126 Å². The number of anilines is 1. The number of aromatic amines is 1. The zero-order valence-electron chi connectivity index (χ0n) is 22.1. The first-order valence-electron chi connectivity index (χ1n) is 12.9. The quantitative estimate of drug-likeness (QED) is 0.186. The SMILES string of the molecule is CC(=O)c1cccc(NC(=O)c2cccc(C3OC(CSc4ncn[nH]4)C(C)C(c4ccc(CO)cc4)O3)c2)c1. The summed E-state index contributed by atoms with van der Waals surface area (Å²) in [7, 11) is 0. The molecule has 0 aliphatic carbocycles. The Morgan fingerprint density at radius 2 is 1.77 bits per heavy atom. The fourth-order valence-corrected chi connectivity index (χ4v) is 5.52. The van der Waals surface area contributed by atoms with Crippen molar-refractivity contribution in [3.05, 3.63) is 107 Å². The van der Waals surface area contributed by atoms with E-state index in [4.69, 9.17) is 9.47 Å². The third-order valence-corrected chi connectivity index (χ3v) is 7.81. The highest BCUT2D eigenvalue weighted by molar-refractivity contribution is 7.99. The number of aliphatic hydroxyl groups is 1. The second kappa shape index (κ2) is 12.6. The first kappa shape index (κ1) is 27.7. The minimum atomic E-state index is -0.715. The first-order chi connectivity index (χ1) is 19.4. The van der Waals surface area contributed by atoms with Gasteiger partial charge in [-0.2, -0.15) is 5.10 Å². The summed E-state index contributed by atoms with van der Waals surface area (Å²) in [6.07, 6.45) is 0.285. The number of nitrogens with zero attached hydrogens (tertiary/aromatic N) is 2. The van der Waals surface area contributed by atoms with Crippen molar-refractivity contribution < 1.29 is 24.2 Å². The number of carbonyl (C=O) groups excluding carboxylic acids is 2. The molecule has 0 radical (unpaired) electrons. The van der Waals surface area contributed by atoms with Gasteiger partial charge in [0, 0.05) is 34.0 Å². The summed E-state index contributed by atoms with van der Waals surface area (Å²) in [5.74, 6) is 0.246. The van der Waals surface area contributed by atoms with Gasteiger partial charge in [0.25, 0.3) is 5.91 Å². The Morgan fingerprint density at radius 1 is 1.00 bits per heavy atom. The van der Waals surface area contributed by atoms with Crippen LogP contribution in [0.3, 0.4) is 0 Å². The van der Waals surface area contributed by atoms with Crippen molar-refractivity contribution in [2.45, 2.75) is 44.1 Å². The van der Waals surface area contributed by atoms with Gasteiger partial charge in [-0.3, -0.25) is 14.7 Å². The number of rotatable bonds is 9. The smallest absolute Gasteiger partial charge is 0.255 e. The maximum atomic E-state index is 13.1. The standard InChI is InChI=1S/C30H30N4O5S/c1-18-26(16-40-30-31-17-32-34-30)38-29(39-27(18)21-11-9-20(15-35)10-12-21)24-7-3-6-23(13-24)28(37)33-25-8-4-5-22(14-25)19(2)36/h3-14,17-18,26-27,29,35H,15-16H2,1-2H3,(H,33,37)(H,31,32,34). The second-order valence-corrected chi connectivity index (χ2v) is 10.6. The number of benzene rings is 3.